The number of nitrogens with one attached hydrogen (secondary N) is 2. The zero-order valence-corrected chi connectivity index (χ0v) is 14.9. The molecule has 0 aliphatic heterocycles. The molecule has 1 fully saturated rings. The molecule has 2 rings (SSSR count). The van der Waals surface area contributed by atoms with Gasteiger partial charge in [0.2, 0.25) is 0 Å². The Morgan fingerprint density at radius 1 is 1.45 bits per heavy atom. The van der Waals surface area contributed by atoms with E-state index < -0.39 is 5.60 Å². The molecule has 0 radical (unpaired) electrons. The normalized spacial score (nSPS) is 16.2. The topological polar surface area (TPSA) is 63.2 Å². The highest BCUT2D eigenvalue weighted by Crippen LogP contribution is 2.32. The van der Waals surface area contributed by atoms with Crippen molar-refractivity contribution >= 4 is 22.0 Å². The Hall–Kier alpha value is -1.14. The summed E-state index contributed by atoms with van der Waals surface area (Å²) in [6.45, 7) is 6.86. The maximum absolute atomic E-state index is 11.7. The number of aromatic nitrogens is 1. The molecule has 0 aromatic carbocycles. The fourth-order valence-electron chi connectivity index (χ4n) is 2.20. The highest BCUT2D eigenvalue weighted by molar-refractivity contribution is 9.10. The number of amides is 1. The van der Waals surface area contributed by atoms with Crippen molar-refractivity contribution in [2.75, 3.05) is 6.54 Å². The summed E-state index contributed by atoms with van der Waals surface area (Å²) in [7, 11) is 0. The molecule has 0 saturated heterocycles. The summed E-state index contributed by atoms with van der Waals surface area (Å²) < 4.78 is 6.11. The highest BCUT2D eigenvalue weighted by Gasteiger charge is 2.31. The van der Waals surface area contributed by atoms with Gasteiger partial charge in [-0.15, -0.1) is 0 Å². The van der Waals surface area contributed by atoms with E-state index in [1.165, 1.54) is 12.8 Å². The van der Waals surface area contributed by atoms with Crippen molar-refractivity contribution in [1.29, 1.82) is 0 Å². The number of hydrogen-bond acceptors (Lipinski definition) is 4. The third kappa shape index (κ3) is 6.32. The van der Waals surface area contributed by atoms with Crippen LogP contribution in [0.2, 0.25) is 0 Å². The predicted octanol–water partition coefficient (Wildman–Crippen LogP) is 3.24. The maximum atomic E-state index is 11.7. The molecule has 1 unspecified atom stereocenters. The Balaban J connectivity index is 1.79. The first-order valence-electron chi connectivity index (χ1n) is 7.65. The van der Waals surface area contributed by atoms with Crippen molar-refractivity contribution in [3.8, 4) is 0 Å². The van der Waals surface area contributed by atoms with Crippen LogP contribution in [0.3, 0.4) is 0 Å². The summed E-state index contributed by atoms with van der Waals surface area (Å²) in [6, 6.07) is 6.13. The number of halogens is 1. The van der Waals surface area contributed by atoms with Crippen LogP contribution >= 0.6 is 15.9 Å². The zero-order chi connectivity index (χ0) is 16.2. The summed E-state index contributed by atoms with van der Waals surface area (Å²) in [5.41, 5.74) is 0.518. The second kappa shape index (κ2) is 7.42. The molecule has 1 amide bonds. The van der Waals surface area contributed by atoms with Gasteiger partial charge in [0.05, 0.1) is 5.69 Å². The first-order valence-corrected chi connectivity index (χ1v) is 8.44. The molecule has 1 atom stereocenters. The first kappa shape index (κ1) is 17.2. The van der Waals surface area contributed by atoms with Gasteiger partial charge in [-0.2, -0.15) is 0 Å². The molecular weight excluding hydrogens is 346 g/mol. The lowest BCUT2D eigenvalue weighted by atomic mass is 10.1. The molecule has 5 nitrogen and oxygen atoms in total. The lowest BCUT2D eigenvalue weighted by molar-refractivity contribution is 0.0521. The summed E-state index contributed by atoms with van der Waals surface area (Å²) in [5, 5.41) is 6.34. The second-order valence-corrected chi connectivity index (χ2v) is 7.47. The standard InChI is InChI=1S/C16H24BrN3O2/c1-16(2,3)22-15(21)19-10-13(11-7-8-11)18-9-12-5-4-6-14(17)20-12/h4-6,11,13,18H,7-10H2,1-3H3,(H,19,21). The zero-order valence-electron chi connectivity index (χ0n) is 13.4. The van der Waals surface area contributed by atoms with Gasteiger partial charge in [0, 0.05) is 19.1 Å². The molecule has 122 valence electrons. The van der Waals surface area contributed by atoms with Gasteiger partial charge < -0.3 is 15.4 Å². The lowest BCUT2D eigenvalue weighted by Gasteiger charge is -2.22. The number of carbonyl (C=O) groups excluding carboxylic acids is 1. The maximum Gasteiger partial charge on any atom is 0.407 e. The van der Waals surface area contributed by atoms with Crippen molar-refractivity contribution in [3.05, 3.63) is 28.5 Å². The molecule has 1 aromatic heterocycles. The minimum Gasteiger partial charge on any atom is -0.444 e. The Bertz CT molecular complexity index is 512. The van der Waals surface area contributed by atoms with Crippen molar-refractivity contribution < 1.29 is 9.53 Å². The van der Waals surface area contributed by atoms with Crippen LogP contribution < -0.4 is 10.6 Å². The second-order valence-electron chi connectivity index (χ2n) is 6.66. The number of pyridine rings is 1. The monoisotopic (exact) mass is 369 g/mol. The third-order valence-corrected chi connectivity index (χ3v) is 3.82. The van der Waals surface area contributed by atoms with Crippen LogP contribution in [0.15, 0.2) is 22.8 Å². The lowest BCUT2D eigenvalue weighted by Crippen LogP contribution is -2.43. The quantitative estimate of drug-likeness (QED) is 0.755. The van der Waals surface area contributed by atoms with Crippen LogP contribution in [0, 0.1) is 5.92 Å². The van der Waals surface area contributed by atoms with Gasteiger partial charge in [0.25, 0.3) is 0 Å². The summed E-state index contributed by atoms with van der Waals surface area (Å²) >= 11 is 3.38. The molecule has 1 aliphatic carbocycles. The van der Waals surface area contributed by atoms with Gasteiger partial charge in [-0.05, 0) is 67.6 Å². The van der Waals surface area contributed by atoms with E-state index in [2.05, 4.69) is 31.5 Å². The van der Waals surface area contributed by atoms with Gasteiger partial charge in [-0.25, -0.2) is 9.78 Å². The Morgan fingerprint density at radius 3 is 2.77 bits per heavy atom. The molecule has 2 N–H and O–H groups in total. The average Bonchev–Trinajstić information content (AvgIpc) is 3.21. The molecule has 1 heterocycles. The average molecular weight is 370 g/mol. The molecule has 1 aliphatic rings. The summed E-state index contributed by atoms with van der Waals surface area (Å²) in [5.74, 6) is 0.627. The number of ether oxygens (including phenoxy) is 1. The Kier molecular flexibility index (Phi) is 5.81. The van der Waals surface area contributed by atoms with E-state index in [1.54, 1.807) is 0 Å². The Morgan fingerprint density at radius 2 is 2.18 bits per heavy atom. The van der Waals surface area contributed by atoms with Crippen LogP contribution in [-0.4, -0.2) is 29.3 Å². The SMILES string of the molecule is CC(C)(C)OC(=O)NCC(NCc1cccc(Br)n1)C1CC1. The minimum absolute atomic E-state index is 0.258. The third-order valence-electron chi connectivity index (χ3n) is 3.37. The van der Waals surface area contributed by atoms with Crippen LogP contribution in [0.4, 0.5) is 4.79 Å². The first-order chi connectivity index (χ1) is 10.3. The number of alkyl carbamates (subject to hydrolysis) is 1. The van der Waals surface area contributed by atoms with Crippen molar-refractivity contribution in [2.45, 2.75) is 51.8 Å². The van der Waals surface area contributed by atoms with Crippen molar-refractivity contribution in [1.82, 2.24) is 15.6 Å². The van der Waals surface area contributed by atoms with Gasteiger partial charge in [-0.1, -0.05) is 6.07 Å². The molecule has 1 aromatic rings. The number of hydrogen-bond donors (Lipinski definition) is 2. The largest absolute Gasteiger partial charge is 0.444 e. The van der Waals surface area contributed by atoms with Gasteiger partial charge in [0.1, 0.15) is 10.2 Å². The van der Waals surface area contributed by atoms with E-state index in [0.717, 1.165) is 10.3 Å². The van der Waals surface area contributed by atoms with Crippen molar-refractivity contribution in [2.24, 2.45) is 5.92 Å². The smallest absolute Gasteiger partial charge is 0.407 e. The molecule has 6 heteroatoms. The van der Waals surface area contributed by atoms with E-state index in [4.69, 9.17) is 4.74 Å². The van der Waals surface area contributed by atoms with E-state index in [0.29, 0.717) is 19.0 Å². The van der Waals surface area contributed by atoms with E-state index >= 15 is 0 Å². The van der Waals surface area contributed by atoms with E-state index in [-0.39, 0.29) is 12.1 Å². The number of nitrogens with zero attached hydrogens (tertiary/aromatic N) is 1. The molecule has 1 saturated carbocycles. The van der Waals surface area contributed by atoms with Gasteiger partial charge >= 0.3 is 6.09 Å². The summed E-state index contributed by atoms with van der Waals surface area (Å²) in [4.78, 5) is 16.2. The van der Waals surface area contributed by atoms with Crippen molar-refractivity contribution in [3.63, 3.8) is 0 Å². The van der Waals surface area contributed by atoms with Gasteiger partial charge in [0.15, 0.2) is 0 Å². The van der Waals surface area contributed by atoms with E-state index in [1.807, 2.05) is 39.0 Å². The predicted molar refractivity (Wildman–Crippen MR) is 89.5 cm³/mol. The molecule has 22 heavy (non-hydrogen) atoms. The molecular formula is C16H24BrN3O2. The number of rotatable bonds is 6. The minimum atomic E-state index is -0.465. The summed E-state index contributed by atoms with van der Waals surface area (Å²) in [6.07, 6.45) is 2.06. The Labute approximate surface area is 140 Å². The fraction of sp³-hybridized carbons (Fsp3) is 0.625. The number of carbonyl (C=O) groups is 1. The van der Waals surface area contributed by atoms with Gasteiger partial charge in [-0.3, -0.25) is 0 Å². The van der Waals surface area contributed by atoms with Crippen LogP contribution in [-0.2, 0) is 11.3 Å². The van der Waals surface area contributed by atoms with Crippen LogP contribution in [0.25, 0.3) is 0 Å². The fourth-order valence-corrected chi connectivity index (χ4v) is 2.58. The highest BCUT2D eigenvalue weighted by atomic mass is 79.9. The van der Waals surface area contributed by atoms with Crippen LogP contribution in [0.1, 0.15) is 39.3 Å². The molecule has 0 bridgehead atoms. The molecule has 0 spiro atoms. The van der Waals surface area contributed by atoms with E-state index in [9.17, 15) is 4.79 Å². The van der Waals surface area contributed by atoms with Crippen LogP contribution in [0.5, 0.6) is 0 Å².